The number of hydrogen-bond acceptors (Lipinski definition) is 4. The molecular weight excluding hydrogens is 656 g/mol. The van der Waals surface area contributed by atoms with Crippen LogP contribution in [0.1, 0.15) is 142 Å². The quantitative estimate of drug-likeness (QED) is 0.0700. The predicted molar refractivity (Wildman–Crippen MR) is 142 cm³/mol. The molecule has 0 saturated carbocycles. The maximum atomic E-state index is 10.4. The van der Waals surface area contributed by atoms with Crippen LogP contribution in [0.3, 0.4) is 0 Å². The van der Waals surface area contributed by atoms with Gasteiger partial charge in [-0.15, -0.1) is 0 Å². The molecule has 0 amide bonds. The first-order valence-electron chi connectivity index (χ1n) is 13.0. The molecule has 0 atom stereocenters. The van der Waals surface area contributed by atoms with Gasteiger partial charge >= 0.3 is 0 Å². The Bertz CT molecular complexity index is 528. The van der Waals surface area contributed by atoms with Crippen molar-refractivity contribution in [2.75, 3.05) is 11.5 Å². The summed E-state index contributed by atoms with van der Waals surface area (Å²) in [5, 5.41) is 0. The molecule has 0 aliphatic carbocycles. The number of unbranched alkanes of at least 4 members (excludes halogenated alkanes) is 18. The van der Waals surface area contributed by atoms with Crippen LogP contribution in [0, 0.1) is 0 Å². The van der Waals surface area contributed by atoms with E-state index in [-0.39, 0.29) is 38.8 Å². The molecular formula is C24H52O6PbS2. The molecule has 0 fully saturated rings. The van der Waals surface area contributed by atoms with Crippen LogP contribution in [0.15, 0.2) is 0 Å². The molecule has 0 rings (SSSR count). The van der Waals surface area contributed by atoms with Gasteiger partial charge in [-0.05, 0) is 12.8 Å². The molecule has 0 saturated heterocycles. The van der Waals surface area contributed by atoms with E-state index in [1.165, 1.54) is 89.9 Å². The maximum absolute atomic E-state index is 10.4. The molecule has 9 heteroatoms. The Labute approximate surface area is 226 Å². The first-order valence-corrected chi connectivity index (χ1v) is 16.2. The monoisotopic (exact) mass is 708 g/mol. The number of rotatable bonds is 22. The fourth-order valence-electron chi connectivity index (χ4n) is 3.54. The Morgan fingerprint density at radius 2 is 0.576 bits per heavy atom. The second kappa shape index (κ2) is 27.3. The van der Waals surface area contributed by atoms with E-state index in [9.17, 15) is 16.8 Å². The third-order valence-corrected chi connectivity index (χ3v) is 7.12. The number of hydrogen-bond donors (Lipinski definition) is 2. The van der Waals surface area contributed by atoms with Crippen molar-refractivity contribution in [1.29, 1.82) is 0 Å². The van der Waals surface area contributed by atoms with Crippen molar-refractivity contribution in [3.63, 3.8) is 0 Å². The van der Waals surface area contributed by atoms with Gasteiger partial charge in [0.15, 0.2) is 0 Å². The third kappa shape index (κ3) is 43.3. The SMILES string of the molecule is CCCCCCCCCCCCS(=O)(=O)O.CCCCCCCCCCCCS(=O)(=O)O.[Pb]. The van der Waals surface area contributed by atoms with Gasteiger partial charge in [0.25, 0.3) is 20.2 Å². The second-order valence-corrected chi connectivity index (χ2v) is 12.1. The van der Waals surface area contributed by atoms with E-state index in [0.29, 0.717) is 12.8 Å². The summed E-state index contributed by atoms with van der Waals surface area (Å²) in [4.78, 5) is 0. The Balaban J connectivity index is -0.000000529. The third-order valence-electron chi connectivity index (χ3n) is 5.51. The normalized spacial score (nSPS) is 11.5. The molecule has 33 heavy (non-hydrogen) atoms. The van der Waals surface area contributed by atoms with Gasteiger partial charge in [-0.1, -0.05) is 129 Å². The van der Waals surface area contributed by atoms with Gasteiger partial charge in [0.2, 0.25) is 0 Å². The summed E-state index contributed by atoms with van der Waals surface area (Å²) in [6.07, 6.45) is 23.3. The summed E-state index contributed by atoms with van der Waals surface area (Å²) in [5.74, 6) is -0.160. The zero-order valence-corrected chi connectivity index (χ0v) is 26.9. The van der Waals surface area contributed by atoms with Gasteiger partial charge in [-0.3, -0.25) is 9.11 Å². The van der Waals surface area contributed by atoms with Crippen LogP contribution in [-0.2, 0) is 20.2 Å². The minimum atomic E-state index is -3.73. The van der Waals surface area contributed by atoms with Gasteiger partial charge in [0.1, 0.15) is 0 Å². The Kier molecular flexibility index (Phi) is 31.7. The molecule has 0 aromatic rings. The second-order valence-electron chi connectivity index (χ2n) is 8.94. The fraction of sp³-hybridized carbons (Fsp3) is 1.00. The van der Waals surface area contributed by atoms with Crippen molar-refractivity contribution < 1.29 is 25.9 Å². The topological polar surface area (TPSA) is 109 Å². The van der Waals surface area contributed by atoms with Crippen LogP contribution in [0.2, 0.25) is 0 Å². The van der Waals surface area contributed by atoms with E-state index < -0.39 is 20.2 Å². The van der Waals surface area contributed by atoms with Crippen LogP contribution >= 0.6 is 0 Å². The van der Waals surface area contributed by atoms with Crippen LogP contribution in [0.5, 0.6) is 0 Å². The van der Waals surface area contributed by atoms with E-state index in [1.807, 2.05) is 0 Å². The van der Waals surface area contributed by atoms with Crippen molar-refractivity contribution in [1.82, 2.24) is 0 Å². The molecule has 0 aliphatic heterocycles. The molecule has 0 spiro atoms. The summed E-state index contributed by atoms with van der Waals surface area (Å²) in [6.45, 7) is 4.43. The molecule has 0 heterocycles. The van der Waals surface area contributed by atoms with Crippen LogP contribution in [0.4, 0.5) is 0 Å². The Morgan fingerprint density at radius 1 is 0.394 bits per heavy atom. The molecule has 0 aromatic heterocycles. The Morgan fingerprint density at radius 3 is 0.758 bits per heavy atom. The fourth-order valence-corrected chi connectivity index (χ4v) is 4.68. The van der Waals surface area contributed by atoms with Crippen LogP contribution in [0.25, 0.3) is 0 Å². The zero-order valence-electron chi connectivity index (χ0n) is 21.4. The summed E-state index contributed by atoms with van der Waals surface area (Å²) in [7, 11) is -7.46. The van der Waals surface area contributed by atoms with E-state index in [4.69, 9.17) is 9.11 Å². The summed E-state index contributed by atoms with van der Waals surface area (Å²) < 4.78 is 58.7. The van der Waals surface area contributed by atoms with Gasteiger partial charge < -0.3 is 0 Å². The van der Waals surface area contributed by atoms with Crippen LogP contribution < -0.4 is 0 Å². The van der Waals surface area contributed by atoms with Gasteiger partial charge in [0, 0.05) is 27.3 Å². The summed E-state index contributed by atoms with van der Waals surface area (Å²) in [6, 6.07) is 0. The van der Waals surface area contributed by atoms with Crippen molar-refractivity contribution in [2.45, 2.75) is 142 Å². The average molecular weight is 708 g/mol. The largest absolute Gasteiger partial charge is 0.286 e. The van der Waals surface area contributed by atoms with Crippen molar-refractivity contribution >= 4 is 47.5 Å². The van der Waals surface area contributed by atoms with Gasteiger partial charge in [-0.25, -0.2) is 0 Å². The summed E-state index contributed by atoms with van der Waals surface area (Å²) in [5.41, 5.74) is 0. The van der Waals surface area contributed by atoms with Gasteiger partial charge in [-0.2, -0.15) is 16.8 Å². The molecule has 0 aromatic carbocycles. The van der Waals surface area contributed by atoms with Gasteiger partial charge in [0.05, 0.1) is 11.5 Å². The molecule has 0 aliphatic rings. The minimum absolute atomic E-state index is 0. The first-order chi connectivity index (χ1) is 15.1. The molecule has 4 radical (unpaired) electrons. The molecule has 200 valence electrons. The van der Waals surface area contributed by atoms with E-state index in [1.54, 1.807) is 0 Å². The summed E-state index contributed by atoms with van der Waals surface area (Å²) >= 11 is 0. The standard InChI is InChI=1S/2C12H26O3S.Pb/c2*1-2-3-4-5-6-7-8-9-10-11-12-16(13,14)15;/h2*2-12H2,1H3,(H,13,14,15);. The molecule has 2 N–H and O–H groups in total. The average Bonchev–Trinajstić information content (AvgIpc) is 2.70. The van der Waals surface area contributed by atoms with E-state index >= 15 is 0 Å². The smallest absolute Gasteiger partial charge is 0.264 e. The van der Waals surface area contributed by atoms with Crippen LogP contribution in [-0.4, -0.2) is 64.7 Å². The zero-order chi connectivity index (χ0) is 24.6. The van der Waals surface area contributed by atoms with Crippen molar-refractivity contribution in [2.24, 2.45) is 0 Å². The maximum Gasteiger partial charge on any atom is 0.264 e. The first kappa shape index (κ1) is 38.3. The minimum Gasteiger partial charge on any atom is -0.286 e. The molecule has 6 nitrogen and oxygen atoms in total. The van der Waals surface area contributed by atoms with Crippen molar-refractivity contribution in [3.05, 3.63) is 0 Å². The Hall–Kier alpha value is 0.742. The predicted octanol–water partition coefficient (Wildman–Crippen LogP) is 7.21. The molecule has 0 unspecified atom stereocenters. The van der Waals surface area contributed by atoms with E-state index in [2.05, 4.69) is 13.8 Å². The van der Waals surface area contributed by atoms with Crippen molar-refractivity contribution in [3.8, 4) is 0 Å². The van der Waals surface area contributed by atoms with E-state index in [0.717, 1.165) is 25.7 Å². The molecule has 0 bridgehead atoms.